The summed E-state index contributed by atoms with van der Waals surface area (Å²) in [6.07, 6.45) is 5.43. The molecule has 0 aliphatic carbocycles. The number of thiophene rings is 1. The van der Waals surface area contributed by atoms with Crippen LogP contribution >= 0.6 is 11.3 Å². The van der Waals surface area contributed by atoms with Crippen molar-refractivity contribution >= 4 is 28.3 Å². The fraction of sp³-hybridized carbons (Fsp3) is 0.389. The number of hydrogen-bond acceptors (Lipinski definition) is 5. The number of likely N-dealkylation sites (tertiary alicyclic amines) is 1. The fourth-order valence-corrected chi connectivity index (χ4v) is 4.14. The lowest BCUT2D eigenvalue weighted by molar-refractivity contribution is 0.0602. The zero-order valence-corrected chi connectivity index (χ0v) is 14.2. The van der Waals surface area contributed by atoms with Crippen LogP contribution in [0.2, 0.25) is 0 Å². The number of piperidine rings is 1. The summed E-state index contributed by atoms with van der Waals surface area (Å²) >= 11 is 1.79. The quantitative estimate of drug-likeness (QED) is 0.722. The Morgan fingerprint density at radius 2 is 2.17 bits per heavy atom. The number of aromatic nitrogens is 2. The minimum Gasteiger partial charge on any atom is -0.336 e. The Labute approximate surface area is 144 Å². The molecule has 124 valence electrons. The van der Waals surface area contributed by atoms with Gasteiger partial charge in [0, 0.05) is 23.0 Å². The molecular formula is C18H19N3O2S. The van der Waals surface area contributed by atoms with Crippen LogP contribution in [0.15, 0.2) is 40.3 Å². The zero-order valence-electron chi connectivity index (χ0n) is 13.4. The minimum absolute atomic E-state index is 0.0933. The predicted octanol–water partition coefficient (Wildman–Crippen LogP) is 3.91. The van der Waals surface area contributed by atoms with Gasteiger partial charge in [0.15, 0.2) is 0 Å². The summed E-state index contributed by atoms with van der Waals surface area (Å²) in [5.74, 6) is 0.0933. The standard InChI is InChI=1S/C18H19N3O2S/c22-18(13-6-9-16-17(12-13)20-23-19-16)21-10-2-1-4-14(21)7-8-15-5-3-11-24-15/h3,5-6,9,11-12,14H,1-2,4,7-8,10H2/t14-/m1/s1. The summed E-state index contributed by atoms with van der Waals surface area (Å²) in [4.78, 5) is 16.4. The number of amides is 1. The lowest BCUT2D eigenvalue weighted by Crippen LogP contribution is -2.44. The zero-order chi connectivity index (χ0) is 16.4. The molecule has 3 aromatic rings. The van der Waals surface area contributed by atoms with Crippen molar-refractivity contribution in [2.75, 3.05) is 6.54 Å². The molecule has 1 aliphatic heterocycles. The first-order valence-corrected chi connectivity index (χ1v) is 9.25. The van der Waals surface area contributed by atoms with Crippen molar-refractivity contribution in [3.8, 4) is 0 Å². The van der Waals surface area contributed by atoms with Crippen LogP contribution in [0, 0.1) is 0 Å². The van der Waals surface area contributed by atoms with E-state index in [0.717, 1.165) is 32.2 Å². The van der Waals surface area contributed by atoms with E-state index in [9.17, 15) is 4.79 Å². The third-order valence-electron chi connectivity index (χ3n) is 4.69. The highest BCUT2D eigenvalue weighted by Gasteiger charge is 2.27. The van der Waals surface area contributed by atoms with Gasteiger partial charge in [0.2, 0.25) is 0 Å². The van der Waals surface area contributed by atoms with Crippen molar-refractivity contribution < 1.29 is 9.42 Å². The second-order valence-corrected chi connectivity index (χ2v) is 7.27. The predicted molar refractivity (Wildman–Crippen MR) is 93.1 cm³/mol. The summed E-state index contributed by atoms with van der Waals surface area (Å²) in [5, 5.41) is 9.75. The average Bonchev–Trinajstić information content (AvgIpc) is 3.30. The number of carbonyl (C=O) groups is 1. The van der Waals surface area contributed by atoms with E-state index in [1.54, 1.807) is 23.5 Å². The van der Waals surface area contributed by atoms with Gasteiger partial charge in [0.1, 0.15) is 11.0 Å². The van der Waals surface area contributed by atoms with E-state index >= 15 is 0 Å². The Hall–Kier alpha value is -2.21. The van der Waals surface area contributed by atoms with Crippen molar-refractivity contribution in [2.24, 2.45) is 0 Å². The lowest BCUT2D eigenvalue weighted by Gasteiger charge is -2.36. The maximum absolute atomic E-state index is 13.0. The summed E-state index contributed by atoms with van der Waals surface area (Å²) in [7, 11) is 0. The van der Waals surface area contributed by atoms with Gasteiger partial charge in [-0.1, -0.05) is 6.07 Å². The number of rotatable bonds is 4. The number of carbonyl (C=O) groups excluding carboxylic acids is 1. The van der Waals surface area contributed by atoms with Gasteiger partial charge in [0.05, 0.1) is 0 Å². The second-order valence-electron chi connectivity index (χ2n) is 6.23. The minimum atomic E-state index is 0.0933. The third-order valence-corrected chi connectivity index (χ3v) is 5.63. The maximum atomic E-state index is 13.0. The van der Waals surface area contributed by atoms with Crippen LogP contribution in [0.1, 0.15) is 40.9 Å². The Bertz CT molecular complexity index is 828. The molecule has 0 N–H and O–H groups in total. The van der Waals surface area contributed by atoms with Gasteiger partial charge < -0.3 is 4.90 Å². The van der Waals surface area contributed by atoms with Gasteiger partial charge in [0.25, 0.3) is 5.91 Å². The summed E-state index contributed by atoms with van der Waals surface area (Å²) in [5.41, 5.74) is 1.98. The van der Waals surface area contributed by atoms with E-state index in [1.807, 2.05) is 11.0 Å². The van der Waals surface area contributed by atoms with Crippen molar-refractivity contribution in [1.29, 1.82) is 0 Å². The van der Waals surface area contributed by atoms with Gasteiger partial charge in [-0.2, -0.15) is 0 Å². The van der Waals surface area contributed by atoms with E-state index in [0.29, 0.717) is 22.6 Å². The maximum Gasteiger partial charge on any atom is 0.254 e. The van der Waals surface area contributed by atoms with E-state index in [4.69, 9.17) is 4.63 Å². The Balaban J connectivity index is 1.51. The summed E-state index contributed by atoms with van der Waals surface area (Å²) < 4.78 is 4.72. The van der Waals surface area contributed by atoms with Crippen LogP contribution in [0.25, 0.3) is 11.0 Å². The normalized spacial score (nSPS) is 18.2. The van der Waals surface area contributed by atoms with E-state index < -0.39 is 0 Å². The van der Waals surface area contributed by atoms with Crippen LogP contribution in [0.5, 0.6) is 0 Å². The molecule has 1 aromatic carbocycles. The van der Waals surface area contributed by atoms with Gasteiger partial charge in [-0.15, -0.1) is 11.3 Å². The molecule has 0 bridgehead atoms. The molecule has 4 rings (SSSR count). The van der Waals surface area contributed by atoms with Crippen molar-refractivity contribution in [1.82, 2.24) is 15.2 Å². The molecule has 5 nitrogen and oxygen atoms in total. The molecule has 1 saturated heterocycles. The number of hydrogen-bond donors (Lipinski definition) is 0. The summed E-state index contributed by atoms with van der Waals surface area (Å²) in [6, 6.07) is 9.97. The fourth-order valence-electron chi connectivity index (χ4n) is 3.41. The Morgan fingerprint density at radius 3 is 3.04 bits per heavy atom. The van der Waals surface area contributed by atoms with Gasteiger partial charge >= 0.3 is 0 Å². The molecule has 1 aliphatic rings. The van der Waals surface area contributed by atoms with Gasteiger partial charge in [-0.25, -0.2) is 4.63 Å². The molecule has 24 heavy (non-hydrogen) atoms. The van der Waals surface area contributed by atoms with E-state index in [-0.39, 0.29) is 5.91 Å². The van der Waals surface area contributed by atoms with Gasteiger partial charge in [-0.05, 0) is 72.1 Å². The largest absolute Gasteiger partial charge is 0.336 e. The molecule has 0 radical (unpaired) electrons. The van der Waals surface area contributed by atoms with E-state index in [2.05, 4.69) is 27.8 Å². The average molecular weight is 341 g/mol. The number of aryl methyl sites for hydroxylation is 1. The number of benzene rings is 1. The molecule has 2 aromatic heterocycles. The summed E-state index contributed by atoms with van der Waals surface area (Å²) in [6.45, 7) is 0.836. The molecule has 6 heteroatoms. The van der Waals surface area contributed by atoms with Crippen LogP contribution in [-0.4, -0.2) is 33.7 Å². The first kappa shape index (κ1) is 15.3. The smallest absolute Gasteiger partial charge is 0.254 e. The Morgan fingerprint density at radius 1 is 1.25 bits per heavy atom. The van der Waals surface area contributed by atoms with Crippen molar-refractivity contribution in [2.45, 2.75) is 38.1 Å². The third kappa shape index (κ3) is 3.06. The molecule has 0 saturated carbocycles. The number of nitrogens with zero attached hydrogens (tertiary/aromatic N) is 3. The van der Waals surface area contributed by atoms with Crippen LogP contribution in [0.4, 0.5) is 0 Å². The molecule has 0 spiro atoms. The topological polar surface area (TPSA) is 59.2 Å². The molecular weight excluding hydrogens is 322 g/mol. The SMILES string of the molecule is O=C(c1ccc2nonc2c1)N1CCCC[C@@H]1CCc1cccs1. The molecule has 0 unspecified atom stereocenters. The molecule has 1 amide bonds. The molecule has 1 atom stereocenters. The second kappa shape index (κ2) is 6.73. The highest BCUT2D eigenvalue weighted by atomic mass is 32.1. The Kier molecular flexibility index (Phi) is 4.30. The monoisotopic (exact) mass is 341 g/mol. The molecule has 1 fully saturated rings. The molecule has 3 heterocycles. The first-order valence-electron chi connectivity index (χ1n) is 8.37. The van der Waals surface area contributed by atoms with Crippen molar-refractivity contribution in [3.05, 3.63) is 46.2 Å². The van der Waals surface area contributed by atoms with Crippen LogP contribution < -0.4 is 0 Å². The highest BCUT2D eigenvalue weighted by Crippen LogP contribution is 2.25. The first-order chi connectivity index (χ1) is 11.8. The number of fused-ring (bicyclic) bond motifs is 1. The van der Waals surface area contributed by atoms with Crippen molar-refractivity contribution in [3.63, 3.8) is 0 Å². The van der Waals surface area contributed by atoms with Crippen LogP contribution in [-0.2, 0) is 6.42 Å². The van der Waals surface area contributed by atoms with E-state index in [1.165, 1.54) is 11.3 Å². The lowest BCUT2D eigenvalue weighted by atomic mass is 9.96. The van der Waals surface area contributed by atoms with Crippen LogP contribution in [0.3, 0.4) is 0 Å². The van der Waals surface area contributed by atoms with Gasteiger partial charge in [-0.3, -0.25) is 4.79 Å². The highest BCUT2D eigenvalue weighted by molar-refractivity contribution is 7.09.